The highest BCUT2D eigenvalue weighted by Gasteiger charge is 2.37. The van der Waals surface area contributed by atoms with Crippen molar-refractivity contribution in [2.75, 3.05) is 13.2 Å². The van der Waals surface area contributed by atoms with Gasteiger partial charge < -0.3 is 4.74 Å². The van der Waals surface area contributed by atoms with Crippen LogP contribution in [0, 0.1) is 40.3 Å². The molecule has 0 N–H and O–H groups in total. The van der Waals surface area contributed by atoms with Gasteiger partial charge in [-0.25, -0.2) is 9.45 Å². The molecule has 0 unspecified atom stereocenters. The number of ether oxygens (including phenoxy) is 1. The number of carbonyl (C=O) groups is 1. The Morgan fingerprint density at radius 2 is 1.88 bits per heavy atom. The van der Waals surface area contributed by atoms with Crippen molar-refractivity contribution in [2.45, 2.75) is 38.1 Å². The zero-order valence-corrected chi connectivity index (χ0v) is 17.5. The molecule has 7 nitrogen and oxygen atoms in total. The fourth-order valence-corrected chi connectivity index (χ4v) is 4.37. The van der Waals surface area contributed by atoms with Gasteiger partial charge in [0.15, 0.2) is 0 Å². The Kier molecular flexibility index (Phi) is 6.63. The van der Waals surface area contributed by atoms with E-state index in [1.807, 2.05) is 6.07 Å². The Hall–Kier alpha value is -3.49. The van der Waals surface area contributed by atoms with E-state index in [2.05, 4.69) is 11.1 Å². The first-order valence-electron chi connectivity index (χ1n) is 10.7. The van der Waals surface area contributed by atoms with E-state index < -0.39 is 5.82 Å². The summed E-state index contributed by atoms with van der Waals surface area (Å²) in [6.07, 6.45) is 6.94. The molecule has 0 spiro atoms. The average Bonchev–Trinajstić information content (AvgIpc) is 3.32. The van der Waals surface area contributed by atoms with Crippen LogP contribution in [0.1, 0.15) is 54.8 Å². The van der Waals surface area contributed by atoms with E-state index >= 15 is 0 Å². The minimum absolute atomic E-state index is 0.0296. The first kappa shape index (κ1) is 21.7. The second kappa shape index (κ2) is 9.76. The van der Waals surface area contributed by atoms with Gasteiger partial charge in [-0.3, -0.25) is 14.6 Å². The Bertz CT molecular complexity index is 1070. The lowest BCUT2D eigenvalue weighted by Crippen LogP contribution is -2.37. The summed E-state index contributed by atoms with van der Waals surface area (Å²) < 4.78 is 19.3. The van der Waals surface area contributed by atoms with Crippen LogP contribution in [0.15, 0.2) is 36.7 Å². The molecule has 32 heavy (non-hydrogen) atoms. The lowest BCUT2D eigenvalue weighted by molar-refractivity contribution is -0.183. The predicted octanol–water partition coefficient (Wildman–Crippen LogP) is 4.05. The maximum Gasteiger partial charge on any atom is 0.249 e. The normalized spacial score (nSPS) is 22.7. The van der Waals surface area contributed by atoms with Gasteiger partial charge in [-0.1, -0.05) is 0 Å². The largest absolute Gasteiger partial charge is 0.493 e. The molecule has 0 radical (unpaired) electrons. The summed E-state index contributed by atoms with van der Waals surface area (Å²) in [5, 5.41) is 19.5. The zero-order chi connectivity index (χ0) is 22.5. The molecule has 0 bridgehead atoms. The lowest BCUT2D eigenvalue weighted by atomic mass is 9.81. The highest BCUT2D eigenvalue weighted by Crippen LogP contribution is 2.36. The van der Waals surface area contributed by atoms with Gasteiger partial charge in [0.05, 0.1) is 36.5 Å². The summed E-state index contributed by atoms with van der Waals surface area (Å²) in [6.45, 7) is 0.874. The summed E-state index contributed by atoms with van der Waals surface area (Å²) in [4.78, 5) is 22.9. The molecule has 1 saturated heterocycles. The Morgan fingerprint density at radius 1 is 1.09 bits per heavy atom. The van der Waals surface area contributed by atoms with E-state index in [-0.39, 0.29) is 29.3 Å². The molecule has 164 valence electrons. The molecule has 1 aromatic heterocycles. The molecule has 1 amide bonds. The van der Waals surface area contributed by atoms with Crippen LogP contribution in [-0.4, -0.2) is 29.2 Å². The molecule has 2 aromatic rings. The van der Waals surface area contributed by atoms with Crippen molar-refractivity contribution in [3.63, 3.8) is 0 Å². The maximum atomic E-state index is 13.6. The topological polar surface area (TPSA) is 99.2 Å². The molecule has 4 rings (SSSR count). The van der Waals surface area contributed by atoms with Crippen LogP contribution < -0.4 is 4.74 Å². The number of hydroxylamine groups is 2. The number of hydrogen-bond acceptors (Lipinski definition) is 6. The first-order valence-corrected chi connectivity index (χ1v) is 10.7. The van der Waals surface area contributed by atoms with Gasteiger partial charge in [-0.05, 0) is 55.4 Å². The van der Waals surface area contributed by atoms with Gasteiger partial charge in [0.1, 0.15) is 17.6 Å². The highest BCUT2D eigenvalue weighted by molar-refractivity contribution is 5.78. The number of nitriles is 2. The van der Waals surface area contributed by atoms with Crippen molar-refractivity contribution in [3.05, 3.63) is 59.2 Å². The molecular formula is C24H23FN4O3. The molecule has 2 aliphatic rings. The lowest BCUT2D eigenvalue weighted by Gasteiger charge is -2.31. The number of carbonyl (C=O) groups excluding carboxylic acids is 1. The summed E-state index contributed by atoms with van der Waals surface area (Å²) in [7, 11) is 0. The van der Waals surface area contributed by atoms with E-state index in [1.165, 1.54) is 29.5 Å². The van der Waals surface area contributed by atoms with Gasteiger partial charge in [-0.2, -0.15) is 10.5 Å². The number of benzene rings is 1. The monoisotopic (exact) mass is 434 g/mol. The van der Waals surface area contributed by atoms with Crippen LogP contribution in [0.4, 0.5) is 4.39 Å². The number of hydrogen-bond donors (Lipinski definition) is 0. The number of pyridine rings is 1. The van der Waals surface area contributed by atoms with E-state index in [9.17, 15) is 9.18 Å². The van der Waals surface area contributed by atoms with Crippen molar-refractivity contribution in [3.8, 4) is 17.9 Å². The Labute approximate surface area is 185 Å². The fourth-order valence-electron chi connectivity index (χ4n) is 4.37. The minimum Gasteiger partial charge on any atom is -0.493 e. The summed E-state index contributed by atoms with van der Waals surface area (Å²) in [5.41, 5.74) is 1.50. The van der Waals surface area contributed by atoms with Gasteiger partial charge in [0.25, 0.3) is 0 Å². The molecule has 1 saturated carbocycles. The van der Waals surface area contributed by atoms with Gasteiger partial charge >= 0.3 is 0 Å². The summed E-state index contributed by atoms with van der Waals surface area (Å²) in [6, 6.07) is 9.50. The van der Waals surface area contributed by atoms with E-state index in [0.717, 1.165) is 31.2 Å². The van der Waals surface area contributed by atoms with E-state index in [4.69, 9.17) is 20.1 Å². The standard InChI is InChI=1S/C24H23FN4O3/c25-21-8-17(11-26)9-22(10-21)31-15-16-1-3-19(4-2-16)24(30)29-23(5-6-32-29)20-7-18(12-27)13-28-14-20/h7-10,13-14,16,19,23H,1-6,15H2/t16-,19-,23-/m0/s1. The maximum absolute atomic E-state index is 13.6. The number of nitrogens with zero attached hydrogens (tertiary/aromatic N) is 4. The van der Waals surface area contributed by atoms with Crippen LogP contribution in [0.5, 0.6) is 5.75 Å². The van der Waals surface area contributed by atoms with Crippen LogP contribution in [-0.2, 0) is 9.63 Å². The molecule has 1 aliphatic heterocycles. The molecule has 1 atom stereocenters. The van der Waals surface area contributed by atoms with Gasteiger partial charge in [0.2, 0.25) is 5.91 Å². The molecule has 8 heteroatoms. The Balaban J connectivity index is 1.32. The van der Waals surface area contributed by atoms with Crippen LogP contribution in [0.2, 0.25) is 0 Å². The van der Waals surface area contributed by atoms with Crippen LogP contribution in [0.3, 0.4) is 0 Å². The quantitative estimate of drug-likeness (QED) is 0.704. The summed E-state index contributed by atoms with van der Waals surface area (Å²) in [5.74, 6) is -0.0405. The van der Waals surface area contributed by atoms with E-state index in [0.29, 0.717) is 30.9 Å². The van der Waals surface area contributed by atoms with Crippen molar-refractivity contribution in [1.82, 2.24) is 10.0 Å². The minimum atomic E-state index is -0.496. The van der Waals surface area contributed by atoms with Crippen molar-refractivity contribution >= 4 is 5.91 Å². The molecule has 2 fully saturated rings. The third kappa shape index (κ3) is 4.87. The van der Waals surface area contributed by atoms with Crippen molar-refractivity contribution in [2.24, 2.45) is 11.8 Å². The number of aromatic nitrogens is 1. The van der Waals surface area contributed by atoms with Crippen molar-refractivity contribution in [1.29, 1.82) is 10.5 Å². The first-order chi connectivity index (χ1) is 15.6. The number of amides is 1. The Morgan fingerprint density at radius 3 is 2.62 bits per heavy atom. The van der Waals surface area contributed by atoms with Gasteiger partial charge in [0, 0.05) is 30.8 Å². The zero-order valence-electron chi connectivity index (χ0n) is 17.5. The fraction of sp³-hybridized carbons (Fsp3) is 0.417. The second-order valence-corrected chi connectivity index (χ2v) is 8.24. The molecule has 1 aliphatic carbocycles. The summed E-state index contributed by atoms with van der Waals surface area (Å²) >= 11 is 0. The average molecular weight is 434 g/mol. The third-order valence-corrected chi connectivity index (χ3v) is 6.08. The van der Waals surface area contributed by atoms with Crippen molar-refractivity contribution < 1.29 is 18.8 Å². The highest BCUT2D eigenvalue weighted by atomic mass is 19.1. The second-order valence-electron chi connectivity index (χ2n) is 8.24. The smallest absolute Gasteiger partial charge is 0.249 e. The number of rotatable bonds is 5. The van der Waals surface area contributed by atoms with Gasteiger partial charge in [-0.15, -0.1) is 0 Å². The van der Waals surface area contributed by atoms with E-state index in [1.54, 1.807) is 12.3 Å². The van der Waals surface area contributed by atoms with Crippen LogP contribution in [0.25, 0.3) is 0 Å². The predicted molar refractivity (Wildman–Crippen MR) is 111 cm³/mol. The molecular weight excluding hydrogens is 411 g/mol. The SMILES string of the molecule is N#Cc1cc(F)cc(OC[C@H]2CC[C@H](C(=O)N3OCC[C@H]3c3cncc(C#N)c3)CC2)c1. The molecule has 1 aromatic carbocycles. The molecule has 2 heterocycles. The van der Waals surface area contributed by atoms with Crippen LogP contribution >= 0.6 is 0 Å². The third-order valence-electron chi connectivity index (χ3n) is 6.08. The number of halogens is 1.